The molecular weight excluding hydrogens is 1530 g/mol. The largest absolute Gasteiger partial charge is 0.508 e. The van der Waals surface area contributed by atoms with Gasteiger partial charge in [0.15, 0.2) is 11.6 Å². The van der Waals surface area contributed by atoms with E-state index in [9.17, 15) is 63.0 Å². The topological polar surface area (TPSA) is 394 Å². The minimum Gasteiger partial charge on any atom is -0.508 e. The average Bonchev–Trinajstić information content (AvgIpc) is 0.804. The molecule has 2 heterocycles. The molecule has 7 amide bonds. The molecule has 6 aromatic rings. The van der Waals surface area contributed by atoms with Gasteiger partial charge in [-0.2, -0.15) is 0 Å². The van der Waals surface area contributed by atoms with Gasteiger partial charge in [-0.05, 0) is 168 Å². The monoisotopic (exact) mass is 1650 g/mol. The van der Waals surface area contributed by atoms with Crippen molar-refractivity contribution in [3.8, 4) is 28.3 Å². The summed E-state index contributed by atoms with van der Waals surface area (Å²) in [4.78, 5) is 151. The number of aliphatic carboxylic acids is 1. The smallest absolute Gasteiger partial charge is 0.408 e. The Morgan fingerprint density at radius 1 is 0.608 bits per heavy atom. The number of ether oxygens (including phenoxy) is 5. The van der Waals surface area contributed by atoms with Gasteiger partial charge in [0.05, 0.1) is 89.3 Å². The molecule has 1 aliphatic heterocycles. The molecule has 4 aliphatic carbocycles. The van der Waals surface area contributed by atoms with Crippen LogP contribution in [0, 0.1) is 34.5 Å². The fraction of sp³-hybridized carbons (Fsp3) is 0.533. The van der Waals surface area contributed by atoms with Crippen LogP contribution in [0.4, 0.5) is 21.0 Å². The number of fused-ring (bicyclic) bond motifs is 11. The highest BCUT2D eigenvalue weighted by molar-refractivity contribution is 6.05. The van der Waals surface area contributed by atoms with Crippen LogP contribution in [0.2, 0.25) is 0 Å². The van der Waals surface area contributed by atoms with E-state index >= 15 is 0 Å². The maximum absolute atomic E-state index is 15.0. The van der Waals surface area contributed by atoms with E-state index in [1.807, 2.05) is 85.9 Å². The van der Waals surface area contributed by atoms with E-state index in [2.05, 4.69) is 64.6 Å². The van der Waals surface area contributed by atoms with E-state index < -0.39 is 76.4 Å². The number of hydrogen-bond acceptors (Lipinski definition) is 19. The number of amides is 7. The Morgan fingerprint density at radius 3 is 1.85 bits per heavy atom. The van der Waals surface area contributed by atoms with Crippen LogP contribution in [-0.2, 0) is 117 Å². The van der Waals surface area contributed by atoms with E-state index in [0.29, 0.717) is 61.5 Å². The van der Waals surface area contributed by atoms with Crippen molar-refractivity contribution in [3.63, 3.8) is 0 Å². The van der Waals surface area contributed by atoms with Crippen molar-refractivity contribution in [1.82, 2.24) is 36.3 Å². The molecule has 5 aromatic carbocycles. The summed E-state index contributed by atoms with van der Waals surface area (Å²) in [6.45, 7) is 14.5. The number of carboxylic acids is 1. The number of urea groups is 1. The summed E-state index contributed by atoms with van der Waals surface area (Å²) in [7, 11) is 1.82. The molecule has 1 aromatic heterocycles. The lowest BCUT2D eigenvalue weighted by Gasteiger charge is -2.56. The number of para-hydroxylation sites is 1. The third-order valence-corrected chi connectivity index (χ3v) is 25.7. The molecule has 0 spiro atoms. The first kappa shape index (κ1) is 90.2. The molecule has 9 atom stereocenters. The van der Waals surface area contributed by atoms with Crippen molar-refractivity contribution >= 4 is 76.2 Å². The Kier molecular flexibility index (Phi) is 30.9. The van der Waals surface area contributed by atoms with Crippen LogP contribution in [0.25, 0.3) is 22.5 Å². The fourth-order valence-corrected chi connectivity index (χ4v) is 19.3. The zero-order valence-electron chi connectivity index (χ0n) is 70.3. The maximum atomic E-state index is 15.0. The van der Waals surface area contributed by atoms with Gasteiger partial charge in [0.1, 0.15) is 29.6 Å². The van der Waals surface area contributed by atoms with Crippen LogP contribution in [0.1, 0.15) is 190 Å². The van der Waals surface area contributed by atoms with Crippen molar-refractivity contribution in [3.05, 3.63) is 148 Å². The first-order chi connectivity index (χ1) is 57.5. The molecule has 0 radical (unpaired) electrons. The van der Waals surface area contributed by atoms with Gasteiger partial charge >= 0.3 is 18.1 Å². The Hall–Kier alpha value is -10.6. The number of nitrogens with two attached hydrogens (primary N) is 1. The first-order valence-electron chi connectivity index (χ1n) is 42.4. The van der Waals surface area contributed by atoms with E-state index in [4.69, 9.17) is 29.4 Å². The fourth-order valence-electron chi connectivity index (χ4n) is 19.3. The number of ketones is 4. The number of aryl methyl sites for hydroxylation is 3. The highest BCUT2D eigenvalue weighted by Gasteiger charge is 2.58. The number of benzene rings is 5. The quantitative estimate of drug-likeness (QED) is 0.0130. The standard InChI is InChI=1S/C92H118N10O18/c1-58(2)83(98-80(109)36-43-116-45-47-118-49-50-119-48-46-117-44-42-94-79(108)33-34-81(110)102-56-64-15-8-9-17-67(64)84-85(101(7)100-99-84)68-18-10-11-19-72(68)102)74(105)53-63(16-12-41-95-87(93)114)86(113)96-65-27-21-59(22-28-65)57-120-88(115)97-71(30-35-82(111)112)73(104)52-60-20-23-61-25-31-75-89(3,69(61)51-60)37-13-39-91(75,5)77(106)55-78(107)92(6)40-14-38-90(4)70-54-66(103)29-24-62(70)26-32-76(90)92/h8-11,15,17-24,27-29,51,54,58,63,71,75-76,83,103H,12-14,16,25-26,30-50,52-53,55-57H2,1-7H3,(H,94,108)(H,96,113)(H,97,115)(H,98,109)(H,111,112)(H3,93,95,114)/t63-,71+,75-,76-,83+,89-,90-,91+,92+/m1/s1. The first-order valence-corrected chi connectivity index (χ1v) is 42.4. The minimum atomic E-state index is -1.21. The minimum absolute atomic E-state index is 0.00380. The van der Waals surface area contributed by atoms with Crippen molar-refractivity contribution in [2.75, 3.05) is 76.2 Å². The van der Waals surface area contributed by atoms with Gasteiger partial charge in [-0.15, -0.1) is 5.10 Å². The Balaban J connectivity index is 0.571. The molecule has 2 saturated carbocycles. The summed E-state index contributed by atoms with van der Waals surface area (Å²) in [5.41, 5.74) is 14.1. The van der Waals surface area contributed by atoms with E-state index in [-0.39, 0.29) is 169 Å². The third-order valence-electron chi connectivity index (χ3n) is 25.7. The molecule has 0 bridgehead atoms. The summed E-state index contributed by atoms with van der Waals surface area (Å²) < 4.78 is 29.7. The number of carboxylic acid groups (broad SMARTS) is 1. The molecule has 11 rings (SSSR count). The van der Waals surface area contributed by atoms with E-state index in [1.54, 1.807) is 53.8 Å². The summed E-state index contributed by atoms with van der Waals surface area (Å²) in [6, 6.07) is 30.5. The predicted molar refractivity (Wildman–Crippen MR) is 449 cm³/mol. The second kappa shape index (κ2) is 41.1. The number of alkyl carbamates (subject to hydrolysis) is 1. The normalized spacial score (nSPS) is 20.8. The second-order valence-corrected chi connectivity index (χ2v) is 34.2. The van der Waals surface area contributed by atoms with Gasteiger partial charge in [0.2, 0.25) is 23.6 Å². The van der Waals surface area contributed by atoms with E-state index in [1.165, 1.54) is 5.56 Å². The summed E-state index contributed by atoms with van der Waals surface area (Å²) >= 11 is 0. The maximum Gasteiger partial charge on any atom is 0.408 e. The average molecular weight is 1650 g/mol. The lowest BCUT2D eigenvalue weighted by molar-refractivity contribution is -0.146. The number of carbonyl (C=O) groups excluding carboxylic acids is 10. The van der Waals surface area contributed by atoms with Gasteiger partial charge in [0, 0.05) is 92.2 Å². The number of phenols is 1. The van der Waals surface area contributed by atoms with Crippen LogP contribution in [0.15, 0.2) is 109 Å². The highest BCUT2D eigenvalue weighted by atomic mass is 16.6. The predicted octanol–water partition coefficient (Wildman–Crippen LogP) is 11.4. The lowest BCUT2D eigenvalue weighted by atomic mass is 9.47. The van der Waals surface area contributed by atoms with Crippen LogP contribution < -0.4 is 37.2 Å². The second-order valence-electron chi connectivity index (χ2n) is 34.2. The number of hydrogen-bond donors (Lipinski definition) is 8. The number of phenolic OH excluding ortho intramolecular Hbond substituents is 1. The zero-order chi connectivity index (χ0) is 85.9. The number of nitrogens with zero attached hydrogens (tertiary/aromatic N) is 4. The zero-order valence-corrected chi connectivity index (χ0v) is 70.3. The SMILES string of the molecule is CC(C)[C@H](NC(=O)CCOCCOCCOCCOCCNC(=O)CCC(=O)N1Cc2ccccc2-c2nnn(C)c2-c2ccccc21)C(=O)C[C@@H](CCCNC(N)=O)C(=O)Nc1ccc(COC(=O)N[C@@H](CCC(=O)O)C(=O)Cc2ccc3c(c2)[C@@]2(C)CCC[C@](C)(C(=O)CC(=O)[C@@]4(C)CCC[C@]5(C)c6cc(O)ccc6CC[C@@H]45)[C@@H]2CC3)cc1. The van der Waals surface area contributed by atoms with Gasteiger partial charge in [0.25, 0.3) is 0 Å². The van der Waals surface area contributed by atoms with Crippen LogP contribution >= 0.6 is 0 Å². The van der Waals surface area contributed by atoms with Gasteiger partial charge in [-0.3, -0.25) is 43.2 Å². The number of carbonyl (C=O) groups is 11. The molecule has 28 heteroatoms. The molecule has 0 saturated heterocycles. The Labute approximate surface area is 701 Å². The number of aromatic nitrogens is 3. The number of rotatable bonds is 42. The summed E-state index contributed by atoms with van der Waals surface area (Å²) in [5.74, 6) is -4.39. The van der Waals surface area contributed by atoms with Crippen molar-refractivity contribution in [1.29, 1.82) is 0 Å². The molecule has 5 aliphatic rings. The van der Waals surface area contributed by atoms with Crippen LogP contribution in [0.5, 0.6) is 5.75 Å². The van der Waals surface area contributed by atoms with Crippen LogP contribution in [-0.4, -0.2) is 168 Å². The third kappa shape index (κ3) is 22.2. The van der Waals surface area contributed by atoms with E-state index in [0.717, 1.165) is 96.1 Å². The molecular formula is C92H118N10O18. The van der Waals surface area contributed by atoms with Crippen molar-refractivity contribution in [2.24, 2.45) is 47.3 Å². The molecule has 120 heavy (non-hydrogen) atoms. The molecule has 0 unspecified atom stereocenters. The Morgan fingerprint density at radius 2 is 1.21 bits per heavy atom. The van der Waals surface area contributed by atoms with Gasteiger partial charge < -0.3 is 71.1 Å². The number of nitrogens with one attached hydrogen (secondary N) is 5. The molecule has 2 fully saturated rings. The van der Waals surface area contributed by atoms with Crippen molar-refractivity contribution < 1.29 is 86.6 Å². The highest BCUT2D eigenvalue weighted by Crippen LogP contribution is 2.61. The lowest BCUT2D eigenvalue weighted by Crippen LogP contribution is -2.55. The molecule has 28 nitrogen and oxygen atoms in total. The van der Waals surface area contributed by atoms with Gasteiger partial charge in [-0.1, -0.05) is 138 Å². The molecule has 9 N–H and O–H groups in total. The number of Topliss-reactive ketones (excluding diaryl/α,β-unsaturated/α-hetero) is 4. The number of primary amides is 1. The number of aromatic hydroxyl groups is 1. The molecule has 644 valence electrons. The Bertz CT molecular complexity index is 4700. The number of anilines is 2. The summed E-state index contributed by atoms with van der Waals surface area (Å²) in [5, 5.41) is 42.6. The summed E-state index contributed by atoms with van der Waals surface area (Å²) in [6.07, 6.45) is 6.26. The van der Waals surface area contributed by atoms with Gasteiger partial charge in [-0.25, -0.2) is 14.3 Å². The van der Waals surface area contributed by atoms with Crippen molar-refractivity contribution in [2.45, 2.75) is 206 Å². The van der Waals surface area contributed by atoms with Crippen LogP contribution in [0.3, 0.4) is 0 Å².